The predicted molar refractivity (Wildman–Crippen MR) is 102 cm³/mol. The Kier molecular flexibility index (Phi) is 4.82. The summed E-state index contributed by atoms with van der Waals surface area (Å²) in [4.78, 5) is 13.6. The first-order valence-electron chi connectivity index (χ1n) is 8.80. The van der Waals surface area contributed by atoms with E-state index in [4.69, 9.17) is 0 Å². The highest BCUT2D eigenvalue weighted by Crippen LogP contribution is 2.31. The monoisotopic (exact) mass is 338 g/mol. The van der Waals surface area contributed by atoms with Gasteiger partial charge in [-0.25, -0.2) is 0 Å². The number of carbonyl (C=O) groups excluding carboxylic acids is 1. The van der Waals surface area contributed by atoms with E-state index in [2.05, 4.69) is 34.5 Å². The molecule has 4 heteroatoms. The van der Waals surface area contributed by atoms with Gasteiger partial charge in [0.25, 0.3) is 0 Å². The van der Waals surface area contributed by atoms with Crippen LogP contribution in [0.25, 0.3) is 0 Å². The van der Waals surface area contributed by atoms with Gasteiger partial charge >= 0.3 is 0 Å². The first kappa shape index (κ1) is 17.5. The molecule has 1 aliphatic rings. The number of nitrogens with one attached hydrogen (secondary N) is 1. The van der Waals surface area contributed by atoms with E-state index < -0.39 is 5.60 Å². The summed E-state index contributed by atoms with van der Waals surface area (Å²) in [7, 11) is 0. The summed E-state index contributed by atoms with van der Waals surface area (Å²) in [5.74, 6) is -0.0421. The summed E-state index contributed by atoms with van der Waals surface area (Å²) >= 11 is 0. The van der Waals surface area contributed by atoms with E-state index >= 15 is 0 Å². The van der Waals surface area contributed by atoms with Crippen LogP contribution in [0.4, 0.5) is 11.4 Å². The SMILES string of the molecule is CC(=O)Nc1ccc2c(c1)CCCN2Cc1ccc(C(C)(C)O)cc1. The van der Waals surface area contributed by atoms with Gasteiger partial charge in [-0.2, -0.15) is 0 Å². The Morgan fingerprint density at radius 3 is 2.56 bits per heavy atom. The molecule has 0 radical (unpaired) electrons. The molecule has 2 N–H and O–H groups in total. The number of nitrogens with zero attached hydrogens (tertiary/aromatic N) is 1. The van der Waals surface area contributed by atoms with Gasteiger partial charge in [0.1, 0.15) is 0 Å². The number of anilines is 2. The van der Waals surface area contributed by atoms with Crippen LogP contribution in [0.1, 0.15) is 43.9 Å². The Morgan fingerprint density at radius 1 is 1.20 bits per heavy atom. The largest absolute Gasteiger partial charge is 0.386 e. The molecule has 2 aromatic carbocycles. The third kappa shape index (κ3) is 4.20. The van der Waals surface area contributed by atoms with Crippen molar-refractivity contribution in [2.75, 3.05) is 16.8 Å². The van der Waals surface area contributed by atoms with Crippen molar-refractivity contribution in [2.45, 2.75) is 45.8 Å². The van der Waals surface area contributed by atoms with Crippen molar-refractivity contribution in [1.82, 2.24) is 0 Å². The zero-order valence-corrected chi connectivity index (χ0v) is 15.2. The number of rotatable bonds is 4. The number of hydrogen-bond acceptors (Lipinski definition) is 3. The highest BCUT2D eigenvalue weighted by atomic mass is 16.3. The molecule has 3 rings (SSSR count). The average Bonchev–Trinajstić information content (AvgIpc) is 2.54. The second-order valence-electron chi connectivity index (χ2n) is 7.31. The lowest BCUT2D eigenvalue weighted by Crippen LogP contribution is -2.29. The van der Waals surface area contributed by atoms with Crippen LogP contribution in [0.3, 0.4) is 0 Å². The van der Waals surface area contributed by atoms with E-state index in [0.717, 1.165) is 37.2 Å². The number of amides is 1. The van der Waals surface area contributed by atoms with Gasteiger partial charge in [0, 0.05) is 31.4 Å². The molecular weight excluding hydrogens is 312 g/mol. The third-order valence-electron chi connectivity index (χ3n) is 4.65. The standard InChI is InChI=1S/C21H26N2O2/c1-15(24)22-19-10-11-20-17(13-19)5-4-12-23(20)14-16-6-8-18(9-7-16)21(2,3)25/h6-11,13,25H,4-5,12,14H2,1-3H3,(H,22,24). The van der Waals surface area contributed by atoms with Crippen molar-refractivity contribution in [3.05, 3.63) is 59.2 Å². The van der Waals surface area contributed by atoms with Gasteiger partial charge in [-0.05, 0) is 61.6 Å². The minimum Gasteiger partial charge on any atom is -0.386 e. The molecule has 0 aliphatic carbocycles. The highest BCUT2D eigenvalue weighted by molar-refractivity contribution is 5.89. The Balaban J connectivity index is 1.78. The van der Waals surface area contributed by atoms with Crippen molar-refractivity contribution < 1.29 is 9.90 Å². The normalized spacial score (nSPS) is 14.2. The molecule has 0 unspecified atom stereocenters. The molecular formula is C21H26N2O2. The fourth-order valence-electron chi connectivity index (χ4n) is 3.36. The van der Waals surface area contributed by atoms with Crippen molar-refractivity contribution in [3.8, 4) is 0 Å². The second kappa shape index (κ2) is 6.89. The Hall–Kier alpha value is -2.33. The van der Waals surface area contributed by atoms with Gasteiger partial charge in [-0.1, -0.05) is 24.3 Å². The van der Waals surface area contributed by atoms with E-state index in [1.165, 1.54) is 23.7 Å². The van der Waals surface area contributed by atoms with Crippen molar-refractivity contribution in [3.63, 3.8) is 0 Å². The molecule has 0 saturated heterocycles. The van der Waals surface area contributed by atoms with Crippen LogP contribution >= 0.6 is 0 Å². The number of aryl methyl sites for hydroxylation is 1. The number of aliphatic hydroxyl groups is 1. The summed E-state index contributed by atoms with van der Waals surface area (Å²) in [5, 5.41) is 12.9. The minimum atomic E-state index is -0.809. The van der Waals surface area contributed by atoms with E-state index in [-0.39, 0.29) is 5.91 Å². The van der Waals surface area contributed by atoms with Crippen molar-refractivity contribution >= 4 is 17.3 Å². The maximum atomic E-state index is 11.2. The maximum Gasteiger partial charge on any atom is 0.221 e. The van der Waals surface area contributed by atoms with Crippen LogP contribution in [0.2, 0.25) is 0 Å². The number of hydrogen-bond donors (Lipinski definition) is 2. The topological polar surface area (TPSA) is 52.6 Å². The molecule has 4 nitrogen and oxygen atoms in total. The molecule has 25 heavy (non-hydrogen) atoms. The van der Waals surface area contributed by atoms with Crippen LogP contribution in [-0.2, 0) is 23.4 Å². The third-order valence-corrected chi connectivity index (χ3v) is 4.65. The molecule has 0 aromatic heterocycles. The molecule has 132 valence electrons. The van der Waals surface area contributed by atoms with Gasteiger partial charge in [0.15, 0.2) is 0 Å². The summed E-state index contributed by atoms with van der Waals surface area (Å²) in [6.45, 7) is 7.01. The summed E-state index contributed by atoms with van der Waals surface area (Å²) in [5.41, 5.74) is 4.73. The van der Waals surface area contributed by atoms with E-state index in [1.807, 2.05) is 18.2 Å². The molecule has 0 spiro atoms. The van der Waals surface area contributed by atoms with Gasteiger partial charge in [0.2, 0.25) is 5.91 Å². The predicted octanol–water partition coefficient (Wildman–Crippen LogP) is 3.83. The molecule has 0 atom stereocenters. The maximum absolute atomic E-state index is 11.2. The van der Waals surface area contributed by atoms with E-state index in [1.54, 1.807) is 13.8 Å². The molecule has 1 aliphatic heterocycles. The lowest BCUT2D eigenvalue weighted by molar-refractivity contribution is -0.114. The molecule has 1 heterocycles. The van der Waals surface area contributed by atoms with Crippen molar-refractivity contribution in [1.29, 1.82) is 0 Å². The molecule has 0 bridgehead atoms. The molecule has 2 aromatic rings. The average molecular weight is 338 g/mol. The molecule has 0 saturated carbocycles. The smallest absolute Gasteiger partial charge is 0.221 e. The fourth-order valence-corrected chi connectivity index (χ4v) is 3.36. The first-order valence-corrected chi connectivity index (χ1v) is 8.80. The number of fused-ring (bicyclic) bond motifs is 1. The first-order chi connectivity index (χ1) is 11.8. The molecule has 0 fully saturated rings. The van der Waals surface area contributed by atoms with Crippen LogP contribution in [-0.4, -0.2) is 17.6 Å². The van der Waals surface area contributed by atoms with Gasteiger partial charge in [-0.15, -0.1) is 0 Å². The minimum absolute atomic E-state index is 0.0421. The quantitative estimate of drug-likeness (QED) is 0.891. The molecule has 1 amide bonds. The Morgan fingerprint density at radius 2 is 1.92 bits per heavy atom. The van der Waals surface area contributed by atoms with Crippen LogP contribution in [0, 0.1) is 0 Å². The summed E-state index contributed by atoms with van der Waals surface area (Å²) in [6, 6.07) is 14.3. The van der Waals surface area contributed by atoms with Crippen LogP contribution in [0.5, 0.6) is 0 Å². The van der Waals surface area contributed by atoms with E-state index in [0.29, 0.717) is 0 Å². The summed E-state index contributed by atoms with van der Waals surface area (Å²) in [6.07, 6.45) is 2.15. The van der Waals surface area contributed by atoms with Gasteiger partial charge < -0.3 is 15.3 Å². The van der Waals surface area contributed by atoms with Gasteiger partial charge in [-0.3, -0.25) is 4.79 Å². The zero-order valence-electron chi connectivity index (χ0n) is 15.2. The van der Waals surface area contributed by atoms with Crippen LogP contribution < -0.4 is 10.2 Å². The van der Waals surface area contributed by atoms with Gasteiger partial charge in [0.05, 0.1) is 5.60 Å². The van der Waals surface area contributed by atoms with E-state index in [9.17, 15) is 9.90 Å². The fraction of sp³-hybridized carbons (Fsp3) is 0.381. The highest BCUT2D eigenvalue weighted by Gasteiger charge is 2.19. The number of carbonyl (C=O) groups is 1. The Bertz CT molecular complexity index is 760. The Labute approximate surface area is 149 Å². The second-order valence-corrected chi connectivity index (χ2v) is 7.31. The lowest BCUT2D eigenvalue weighted by atomic mass is 9.96. The number of benzene rings is 2. The summed E-state index contributed by atoms with van der Waals surface area (Å²) < 4.78 is 0. The van der Waals surface area contributed by atoms with Crippen molar-refractivity contribution in [2.24, 2.45) is 0 Å². The zero-order chi connectivity index (χ0) is 18.0. The lowest BCUT2D eigenvalue weighted by Gasteiger charge is -2.32. The van der Waals surface area contributed by atoms with Crippen LogP contribution in [0.15, 0.2) is 42.5 Å².